The van der Waals surface area contributed by atoms with Gasteiger partial charge < -0.3 is 0 Å². The molecule has 0 bridgehead atoms. The molecule has 1 nitrogen and oxygen atoms in total. The van der Waals surface area contributed by atoms with Crippen LogP contribution in [0.3, 0.4) is 0 Å². The second-order valence-electron chi connectivity index (χ2n) is 9.80. The topological polar surface area (TPSA) is 3.88 Å². The molecule has 0 amide bonds. The molecule has 0 aliphatic rings. The van der Waals surface area contributed by atoms with Gasteiger partial charge in [0.05, 0.1) is 0 Å². The number of unbranched alkanes of at least 4 members (excludes halogenated alkanes) is 15. The molecule has 2 rings (SSSR count). The molecule has 0 saturated heterocycles. The maximum atomic E-state index is 2.32. The highest BCUT2D eigenvalue weighted by Crippen LogP contribution is 2.13. The number of hydrogen-bond donors (Lipinski definition) is 0. The Morgan fingerprint density at radius 2 is 0.912 bits per heavy atom. The molecule has 34 heavy (non-hydrogen) atoms. The summed E-state index contributed by atoms with van der Waals surface area (Å²) in [5.41, 5.74) is 2.48. The minimum atomic E-state index is 1.14. The molecule has 0 aliphatic carbocycles. The van der Waals surface area contributed by atoms with Crippen molar-refractivity contribution in [3.8, 4) is 0 Å². The minimum absolute atomic E-state index is 1.14. The number of aryl methyl sites for hydroxylation is 1. The third-order valence-corrected chi connectivity index (χ3v) is 6.67. The first-order valence-electron chi connectivity index (χ1n) is 14.3. The van der Waals surface area contributed by atoms with Gasteiger partial charge in [-0.15, -0.1) is 0 Å². The summed E-state index contributed by atoms with van der Waals surface area (Å²) in [5.74, 6) is 0. The van der Waals surface area contributed by atoms with Crippen molar-refractivity contribution >= 4 is 12.2 Å². The summed E-state index contributed by atoms with van der Waals surface area (Å²) in [6.45, 7) is 3.43. The monoisotopic (exact) mass is 460 g/mol. The van der Waals surface area contributed by atoms with Crippen molar-refractivity contribution in [2.45, 2.75) is 116 Å². The van der Waals surface area contributed by atoms with Crippen molar-refractivity contribution in [2.24, 2.45) is 0 Å². The zero-order valence-electron chi connectivity index (χ0n) is 22.0. The van der Waals surface area contributed by atoms with Crippen molar-refractivity contribution < 1.29 is 4.57 Å². The van der Waals surface area contributed by atoms with E-state index in [-0.39, 0.29) is 0 Å². The van der Waals surface area contributed by atoms with Crippen LogP contribution < -0.4 is 4.57 Å². The molecular weight excluding hydrogens is 410 g/mol. The van der Waals surface area contributed by atoms with Crippen molar-refractivity contribution in [3.05, 3.63) is 78.1 Å². The van der Waals surface area contributed by atoms with E-state index < -0.39 is 0 Å². The molecule has 0 saturated carbocycles. The van der Waals surface area contributed by atoms with Gasteiger partial charge in [0, 0.05) is 18.6 Å². The Labute approximate surface area is 211 Å². The molecule has 0 unspecified atom stereocenters. The van der Waals surface area contributed by atoms with E-state index in [1.807, 2.05) is 6.07 Å². The summed E-state index contributed by atoms with van der Waals surface area (Å²) in [4.78, 5) is 0. The summed E-state index contributed by atoms with van der Waals surface area (Å²) in [5, 5.41) is 0. The number of pyridine rings is 1. The molecule has 0 radical (unpaired) electrons. The third kappa shape index (κ3) is 14.9. The number of rotatable bonds is 20. The quantitative estimate of drug-likeness (QED) is 0.105. The van der Waals surface area contributed by atoms with Crippen LogP contribution in [0, 0.1) is 0 Å². The van der Waals surface area contributed by atoms with Gasteiger partial charge in [-0.1, -0.05) is 151 Å². The lowest BCUT2D eigenvalue weighted by Gasteiger charge is -2.03. The fourth-order valence-electron chi connectivity index (χ4n) is 4.47. The second-order valence-corrected chi connectivity index (χ2v) is 9.80. The number of nitrogens with zero attached hydrogens (tertiary/aromatic N) is 1. The van der Waals surface area contributed by atoms with Crippen LogP contribution >= 0.6 is 0 Å². The Morgan fingerprint density at radius 3 is 1.38 bits per heavy atom. The SMILES string of the molecule is CCCCCCCCCCCCCCCCCC[n+]1ccc(/C=C\C=C/c2ccccc2)cc1. The van der Waals surface area contributed by atoms with Gasteiger partial charge in [0.25, 0.3) is 0 Å². The minimum Gasteiger partial charge on any atom is -0.205 e. The normalized spacial score (nSPS) is 11.7. The van der Waals surface area contributed by atoms with Gasteiger partial charge in [-0.25, -0.2) is 4.57 Å². The second kappa shape index (κ2) is 20.2. The van der Waals surface area contributed by atoms with Gasteiger partial charge in [0.15, 0.2) is 12.4 Å². The zero-order chi connectivity index (χ0) is 23.9. The van der Waals surface area contributed by atoms with E-state index in [4.69, 9.17) is 0 Å². The smallest absolute Gasteiger partial charge is 0.169 e. The zero-order valence-corrected chi connectivity index (χ0v) is 22.0. The van der Waals surface area contributed by atoms with Gasteiger partial charge >= 0.3 is 0 Å². The Hall–Kier alpha value is -2.15. The molecule has 1 heteroatoms. The highest BCUT2D eigenvalue weighted by molar-refractivity contribution is 5.56. The van der Waals surface area contributed by atoms with Gasteiger partial charge in [-0.05, 0) is 17.5 Å². The van der Waals surface area contributed by atoms with Crippen LogP contribution in [-0.4, -0.2) is 0 Å². The predicted octanol–water partition coefficient (Wildman–Crippen LogP) is 9.96. The van der Waals surface area contributed by atoms with Crippen LogP contribution in [0.5, 0.6) is 0 Å². The van der Waals surface area contributed by atoms with E-state index in [0.29, 0.717) is 0 Å². The fourth-order valence-corrected chi connectivity index (χ4v) is 4.47. The molecule has 1 heterocycles. The van der Waals surface area contributed by atoms with E-state index in [2.05, 4.69) is 84.6 Å². The largest absolute Gasteiger partial charge is 0.205 e. The first-order valence-corrected chi connectivity index (χ1v) is 14.3. The van der Waals surface area contributed by atoms with Crippen molar-refractivity contribution in [2.75, 3.05) is 0 Å². The van der Waals surface area contributed by atoms with Crippen molar-refractivity contribution in [1.29, 1.82) is 0 Å². The van der Waals surface area contributed by atoms with Crippen LogP contribution in [0.1, 0.15) is 121 Å². The highest BCUT2D eigenvalue weighted by atomic mass is 14.9. The molecule has 0 spiro atoms. The summed E-state index contributed by atoms with van der Waals surface area (Å²) < 4.78 is 2.32. The maximum absolute atomic E-state index is 2.32. The first kappa shape index (κ1) is 28.1. The van der Waals surface area contributed by atoms with Crippen LogP contribution in [0.2, 0.25) is 0 Å². The number of aromatic nitrogens is 1. The number of benzene rings is 1. The molecule has 0 fully saturated rings. The molecule has 0 aliphatic heterocycles. The Morgan fingerprint density at radius 1 is 0.500 bits per heavy atom. The highest BCUT2D eigenvalue weighted by Gasteiger charge is 2.00. The molecule has 0 atom stereocenters. The number of allylic oxidation sites excluding steroid dienone is 2. The molecule has 2 aromatic rings. The van der Waals surface area contributed by atoms with Crippen molar-refractivity contribution in [1.82, 2.24) is 0 Å². The van der Waals surface area contributed by atoms with Crippen LogP contribution in [0.4, 0.5) is 0 Å². The van der Waals surface area contributed by atoms with Crippen LogP contribution in [-0.2, 0) is 6.54 Å². The standard InChI is InChI=1S/C33H50N/c1-2-3-4-5-6-7-8-9-10-11-12-13-14-15-16-22-29-34-30-27-33(28-31-34)26-21-20-25-32-23-18-17-19-24-32/h17-21,23-28,30-31H,2-16,22,29H2,1H3/q+1/b25-20-,26-21-. The fraction of sp³-hybridized carbons (Fsp3) is 0.545. The maximum Gasteiger partial charge on any atom is 0.169 e. The van der Waals surface area contributed by atoms with Gasteiger partial charge in [-0.2, -0.15) is 0 Å². The van der Waals surface area contributed by atoms with E-state index in [1.165, 1.54) is 114 Å². The predicted molar refractivity (Wildman–Crippen MR) is 151 cm³/mol. The lowest BCUT2D eigenvalue weighted by Crippen LogP contribution is -2.32. The third-order valence-electron chi connectivity index (χ3n) is 6.67. The molecule has 186 valence electrons. The van der Waals surface area contributed by atoms with E-state index in [0.717, 1.165) is 6.54 Å². The molecule has 0 N–H and O–H groups in total. The lowest BCUT2D eigenvalue weighted by molar-refractivity contribution is -0.697. The molecular formula is C33H50N+. The van der Waals surface area contributed by atoms with E-state index in [9.17, 15) is 0 Å². The summed E-state index contributed by atoms with van der Waals surface area (Å²) in [6.07, 6.45) is 35.8. The summed E-state index contributed by atoms with van der Waals surface area (Å²) in [6, 6.07) is 14.8. The summed E-state index contributed by atoms with van der Waals surface area (Å²) in [7, 11) is 0. The van der Waals surface area contributed by atoms with E-state index in [1.54, 1.807) is 0 Å². The van der Waals surface area contributed by atoms with Gasteiger partial charge in [-0.3, -0.25) is 0 Å². The Kier molecular flexibility index (Phi) is 16.7. The van der Waals surface area contributed by atoms with Gasteiger partial charge in [0.2, 0.25) is 0 Å². The first-order chi connectivity index (χ1) is 16.9. The van der Waals surface area contributed by atoms with Crippen LogP contribution in [0.25, 0.3) is 12.2 Å². The van der Waals surface area contributed by atoms with Crippen LogP contribution in [0.15, 0.2) is 67.0 Å². The van der Waals surface area contributed by atoms with Gasteiger partial charge in [0.1, 0.15) is 6.54 Å². The Balaban J connectivity index is 1.40. The Bertz CT molecular complexity index is 757. The molecule has 1 aromatic heterocycles. The number of hydrogen-bond acceptors (Lipinski definition) is 0. The van der Waals surface area contributed by atoms with Crippen molar-refractivity contribution in [3.63, 3.8) is 0 Å². The van der Waals surface area contributed by atoms with E-state index >= 15 is 0 Å². The lowest BCUT2D eigenvalue weighted by atomic mass is 10.0. The average molecular weight is 461 g/mol. The average Bonchev–Trinajstić information content (AvgIpc) is 2.88. The summed E-state index contributed by atoms with van der Waals surface area (Å²) >= 11 is 0. The molecule has 1 aromatic carbocycles.